The van der Waals surface area contributed by atoms with Crippen LogP contribution < -0.4 is 5.32 Å². The Labute approximate surface area is 152 Å². The summed E-state index contributed by atoms with van der Waals surface area (Å²) in [5.41, 5.74) is 0.826. The topological polar surface area (TPSA) is 41.6 Å². The molecule has 140 valence electrons. The third-order valence-corrected chi connectivity index (χ3v) is 5.61. The van der Waals surface area contributed by atoms with Crippen LogP contribution >= 0.6 is 0 Å². The Hall–Kier alpha value is -1.55. The Morgan fingerprint density at radius 2 is 1.64 bits per heavy atom. The molecule has 4 heteroatoms. The number of ether oxygens (including phenoxy) is 1. The van der Waals surface area contributed by atoms with Gasteiger partial charge in [-0.3, -0.25) is 4.90 Å². The highest BCUT2D eigenvalue weighted by atomic mass is 16.6. The summed E-state index contributed by atoms with van der Waals surface area (Å²) >= 11 is 0. The molecule has 0 aromatic heterocycles. The number of piperidine rings is 1. The minimum Gasteiger partial charge on any atom is -0.444 e. The highest BCUT2D eigenvalue weighted by molar-refractivity contribution is 5.68. The molecule has 2 rings (SSSR count). The lowest BCUT2D eigenvalue weighted by atomic mass is 9.76. The van der Waals surface area contributed by atoms with E-state index in [4.69, 9.17) is 4.74 Å². The number of likely N-dealkylation sites (tertiary alicyclic amines) is 1. The van der Waals surface area contributed by atoms with E-state index in [2.05, 4.69) is 62.2 Å². The average Bonchev–Trinajstić information content (AvgIpc) is 2.53. The first-order valence-electron chi connectivity index (χ1n) is 9.39. The quantitative estimate of drug-likeness (QED) is 0.879. The highest BCUT2D eigenvalue weighted by Gasteiger charge is 2.42. The second-order valence-corrected chi connectivity index (χ2v) is 8.53. The van der Waals surface area contributed by atoms with Crippen molar-refractivity contribution in [1.29, 1.82) is 0 Å². The van der Waals surface area contributed by atoms with Crippen LogP contribution in [0.3, 0.4) is 0 Å². The second-order valence-electron chi connectivity index (χ2n) is 8.53. The van der Waals surface area contributed by atoms with Crippen LogP contribution in [-0.2, 0) is 11.3 Å². The first-order valence-corrected chi connectivity index (χ1v) is 9.39. The summed E-state index contributed by atoms with van der Waals surface area (Å²) < 4.78 is 5.48. The van der Waals surface area contributed by atoms with Crippen LogP contribution in [0.25, 0.3) is 0 Å². The van der Waals surface area contributed by atoms with Crippen molar-refractivity contribution in [1.82, 2.24) is 10.2 Å². The Bertz CT molecular complexity index is 567. The van der Waals surface area contributed by atoms with Crippen LogP contribution in [0.15, 0.2) is 30.3 Å². The molecule has 0 saturated carbocycles. The molecule has 0 radical (unpaired) electrons. The Morgan fingerprint density at radius 3 is 2.20 bits per heavy atom. The number of alkyl carbamates (subject to hydrolysis) is 1. The van der Waals surface area contributed by atoms with Gasteiger partial charge < -0.3 is 10.1 Å². The second kappa shape index (κ2) is 7.77. The fourth-order valence-corrected chi connectivity index (χ4v) is 3.86. The molecule has 1 aromatic carbocycles. The Balaban J connectivity index is 2.14. The molecular formula is C21H34N2O2. The van der Waals surface area contributed by atoms with Crippen molar-refractivity contribution >= 4 is 6.09 Å². The SMILES string of the molecule is C[C@@H]1[C@H](C)[C@H](C)N(Cc2ccccc2)[C@@H](C)[C@H]1NC(=O)OC(C)(C)C. The summed E-state index contributed by atoms with van der Waals surface area (Å²) in [5.74, 6) is 0.879. The number of carbonyl (C=O) groups is 1. The lowest BCUT2D eigenvalue weighted by molar-refractivity contribution is -0.0118. The van der Waals surface area contributed by atoms with Crippen molar-refractivity contribution in [3.63, 3.8) is 0 Å². The number of nitrogens with zero attached hydrogens (tertiary/aromatic N) is 1. The fourth-order valence-electron chi connectivity index (χ4n) is 3.86. The van der Waals surface area contributed by atoms with Gasteiger partial charge in [0.25, 0.3) is 0 Å². The summed E-state index contributed by atoms with van der Waals surface area (Å²) in [5, 5.41) is 3.14. The largest absolute Gasteiger partial charge is 0.444 e. The predicted molar refractivity (Wildman–Crippen MR) is 102 cm³/mol. The van der Waals surface area contributed by atoms with E-state index >= 15 is 0 Å². The maximum Gasteiger partial charge on any atom is 0.407 e. The molecule has 0 bridgehead atoms. The number of hydrogen-bond donors (Lipinski definition) is 1. The zero-order valence-corrected chi connectivity index (χ0v) is 16.7. The van der Waals surface area contributed by atoms with Crippen molar-refractivity contribution in [2.45, 2.75) is 78.7 Å². The van der Waals surface area contributed by atoms with Gasteiger partial charge in [0.05, 0.1) is 6.04 Å². The van der Waals surface area contributed by atoms with Crippen molar-refractivity contribution in [3.05, 3.63) is 35.9 Å². The lowest BCUT2D eigenvalue weighted by Crippen LogP contribution is -2.63. The third-order valence-electron chi connectivity index (χ3n) is 5.61. The maximum atomic E-state index is 12.3. The van der Waals surface area contributed by atoms with Crippen molar-refractivity contribution in [2.75, 3.05) is 0 Å². The van der Waals surface area contributed by atoms with Gasteiger partial charge in [0.1, 0.15) is 5.60 Å². The minimum atomic E-state index is -0.478. The normalized spacial score (nSPS) is 30.8. The molecule has 1 aliphatic heterocycles. The zero-order chi connectivity index (χ0) is 18.8. The summed E-state index contributed by atoms with van der Waals surface area (Å²) in [4.78, 5) is 14.8. The van der Waals surface area contributed by atoms with E-state index < -0.39 is 5.60 Å². The average molecular weight is 347 g/mol. The summed E-state index contributed by atoms with van der Waals surface area (Å²) in [6, 6.07) is 11.3. The molecule has 4 nitrogen and oxygen atoms in total. The predicted octanol–water partition coefficient (Wildman–Crippen LogP) is 4.44. The van der Waals surface area contributed by atoms with E-state index in [1.165, 1.54) is 5.56 Å². The van der Waals surface area contributed by atoms with Gasteiger partial charge in [-0.1, -0.05) is 44.2 Å². The van der Waals surface area contributed by atoms with E-state index in [0.717, 1.165) is 6.54 Å². The Kier molecular flexibility index (Phi) is 6.15. The molecule has 0 spiro atoms. The third kappa shape index (κ3) is 4.97. The van der Waals surface area contributed by atoms with Gasteiger partial charge >= 0.3 is 6.09 Å². The van der Waals surface area contributed by atoms with Gasteiger partial charge in [-0.25, -0.2) is 4.79 Å². The highest BCUT2D eigenvalue weighted by Crippen LogP contribution is 2.34. The van der Waals surface area contributed by atoms with Crippen LogP contribution in [0.2, 0.25) is 0 Å². The van der Waals surface area contributed by atoms with E-state index in [9.17, 15) is 4.79 Å². The van der Waals surface area contributed by atoms with Gasteiger partial charge in [-0.05, 0) is 52.0 Å². The number of benzene rings is 1. The van der Waals surface area contributed by atoms with E-state index in [0.29, 0.717) is 17.9 Å². The van der Waals surface area contributed by atoms with Crippen LogP contribution in [0.1, 0.15) is 54.0 Å². The molecule has 1 heterocycles. The lowest BCUT2D eigenvalue weighted by Gasteiger charge is -2.50. The Morgan fingerprint density at radius 1 is 1.04 bits per heavy atom. The molecule has 1 fully saturated rings. The van der Waals surface area contributed by atoms with Gasteiger partial charge in [-0.15, -0.1) is 0 Å². The maximum absolute atomic E-state index is 12.3. The molecule has 5 atom stereocenters. The minimum absolute atomic E-state index is 0.0739. The van der Waals surface area contributed by atoms with Gasteiger partial charge in [0.15, 0.2) is 0 Å². The standard InChI is InChI=1S/C21H34N2O2/c1-14-15(2)19(22-20(24)25-21(5,6)7)17(4)23(16(14)3)13-18-11-9-8-10-12-18/h8-12,14-17,19H,13H2,1-7H3,(H,22,24)/t14-,15+,16-,17-,19-/m0/s1. The van der Waals surface area contributed by atoms with Crippen molar-refractivity contribution in [3.8, 4) is 0 Å². The monoisotopic (exact) mass is 346 g/mol. The number of carbonyl (C=O) groups excluding carboxylic acids is 1. The van der Waals surface area contributed by atoms with Crippen LogP contribution in [0.5, 0.6) is 0 Å². The molecule has 25 heavy (non-hydrogen) atoms. The summed E-state index contributed by atoms with van der Waals surface area (Å²) in [6.45, 7) is 15.6. The molecule has 1 amide bonds. The van der Waals surface area contributed by atoms with Gasteiger partial charge in [-0.2, -0.15) is 0 Å². The van der Waals surface area contributed by atoms with E-state index in [1.807, 2.05) is 26.8 Å². The number of rotatable bonds is 3. The zero-order valence-electron chi connectivity index (χ0n) is 16.7. The van der Waals surface area contributed by atoms with Crippen LogP contribution in [0.4, 0.5) is 4.79 Å². The number of hydrogen-bond acceptors (Lipinski definition) is 3. The summed E-state index contributed by atoms with van der Waals surface area (Å²) in [7, 11) is 0. The van der Waals surface area contributed by atoms with Crippen molar-refractivity contribution < 1.29 is 9.53 Å². The first-order chi connectivity index (χ1) is 11.6. The number of nitrogens with one attached hydrogen (secondary N) is 1. The van der Waals surface area contributed by atoms with Crippen LogP contribution in [-0.4, -0.2) is 34.7 Å². The molecular weight excluding hydrogens is 312 g/mol. The molecule has 0 aliphatic carbocycles. The molecule has 1 aromatic rings. The smallest absolute Gasteiger partial charge is 0.407 e. The molecule has 0 unspecified atom stereocenters. The van der Waals surface area contributed by atoms with E-state index in [1.54, 1.807) is 0 Å². The van der Waals surface area contributed by atoms with Crippen LogP contribution in [0, 0.1) is 11.8 Å². The molecule has 1 N–H and O–H groups in total. The van der Waals surface area contributed by atoms with E-state index in [-0.39, 0.29) is 18.2 Å². The molecule has 1 aliphatic rings. The number of amides is 1. The first kappa shape index (κ1) is 19.8. The van der Waals surface area contributed by atoms with Gasteiger partial charge in [0.2, 0.25) is 0 Å². The van der Waals surface area contributed by atoms with Crippen molar-refractivity contribution in [2.24, 2.45) is 11.8 Å². The molecule has 1 saturated heterocycles. The van der Waals surface area contributed by atoms with Gasteiger partial charge in [0, 0.05) is 18.6 Å². The fraction of sp³-hybridized carbons (Fsp3) is 0.667. The summed E-state index contributed by atoms with van der Waals surface area (Å²) in [6.07, 6.45) is -0.322.